The highest BCUT2D eigenvalue weighted by molar-refractivity contribution is 7.98. The smallest absolute Gasteiger partial charge is 0.242 e. The van der Waals surface area contributed by atoms with E-state index in [9.17, 15) is 13.2 Å². The maximum absolute atomic E-state index is 12.2. The topological polar surface area (TPSA) is 75.3 Å². The van der Waals surface area contributed by atoms with E-state index in [1.165, 1.54) is 6.92 Å². The van der Waals surface area contributed by atoms with Gasteiger partial charge in [0.05, 0.1) is 5.75 Å². The van der Waals surface area contributed by atoms with Gasteiger partial charge in [0.15, 0.2) is 0 Å². The summed E-state index contributed by atoms with van der Waals surface area (Å²) in [6.45, 7) is 1.53. The van der Waals surface area contributed by atoms with E-state index in [4.69, 9.17) is 11.6 Å². The Bertz CT molecular complexity index is 579. The Morgan fingerprint density at radius 3 is 2.71 bits per heavy atom. The first-order valence-corrected chi connectivity index (χ1v) is 9.85. The zero-order valence-corrected chi connectivity index (χ0v) is 14.3. The number of amides is 1. The molecule has 1 unspecified atom stereocenters. The van der Waals surface area contributed by atoms with Gasteiger partial charge < -0.3 is 5.32 Å². The third-order valence-corrected chi connectivity index (χ3v) is 5.00. The minimum absolute atomic E-state index is 0.0623. The maximum Gasteiger partial charge on any atom is 0.242 e. The summed E-state index contributed by atoms with van der Waals surface area (Å²) < 4.78 is 25.8. The number of carbonyl (C=O) groups is 1. The Labute approximate surface area is 134 Å². The van der Waals surface area contributed by atoms with Gasteiger partial charge in [0, 0.05) is 10.7 Å². The van der Waals surface area contributed by atoms with Crippen LogP contribution in [0.15, 0.2) is 24.3 Å². The zero-order valence-electron chi connectivity index (χ0n) is 11.9. The molecule has 5 nitrogen and oxygen atoms in total. The molecule has 0 aliphatic heterocycles. The molecule has 8 heteroatoms. The Morgan fingerprint density at radius 1 is 1.43 bits per heavy atom. The second-order valence-electron chi connectivity index (χ2n) is 4.35. The first-order valence-electron chi connectivity index (χ1n) is 6.43. The van der Waals surface area contributed by atoms with Crippen LogP contribution in [0, 0.1) is 0 Å². The minimum atomic E-state index is -3.44. The molecule has 1 aromatic rings. The van der Waals surface area contributed by atoms with Crippen molar-refractivity contribution in [2.24, 2.45) is 0 Å². The fourth-order valence-corrected chi connectivity index (χ4v) is 3.06. The number of hydrogen-bond donors (Lipinski definition) is 2. The SMILES string of the molecule is CCS(=O)(=O)NC(CCSC)C(=O)Nc1cccc(Cl)c1. The summed E-state index contributed by atoms with van der Waals surface area (Å²) in [5.74, 6) is 0.232. The van der Waals surface area contributed by atoms with Crippen molar-refractivity contribution >= 4 is 45.0 Å². The van der Waals surface area contributed by atoms with Gasteiger partial charge in [-0.15, -0.1) is 0 Å². The van der Waals surface area contributed by atoms with E-state index in [2.05, 4.69) is 10.0 Å². The van der Waals surface area contributed by atoms with Crippen molar-refractivity contribution in [3.63, 3.8) is 0 Å². The van der Waals surface area contributed by atoms with Gasteiger partial charge in [-0.05, 0) is 43.6 Å². The van der Waals surface area contributed by atoms with Gasteiger partial charge in [-0.25, -0.2) is 13.1 Å². The van der Waals surface area contributed by atoms with Crippen LogP contribution in [-0.4, -0.2) is 38.1 Å². The van der Waals surface area contributed by atoms with Crippen LogP contribution in [-0.2, 0) is 14.8 Å². The van der Waals surface area contributed by atoms with Crippen LogP contribution in [0.4, 0.5) is 5.69 Å². The lowest BCUT2D eigenvalue weighted by atomic mass is 10.2. The van der Waals surface area contributed by atoms with Crippen molar-refractivity contribution in [2.75, 3.05) is 23.1 Å². The van der Waals surface area contributed by atoms with Crippen molar-refractivity contribution in [3.8, 4) is 0 Å². The largest absolute Gasteiger partial charge is 0.325 e. The van der Waals surface area contributed by atoms with Crippen LogP contribution in [0.2, 0.25) is 5.02 Å². The summed E-state index contributed by atoms with van der Waals surface area (Å²) in [6.07, 6.45) is 2.33. The molecule has 0 spiro atoms. The molecule has 0 saturated carbocycles. The van der Waals surface area contributed by atoms with Crippen LogP contribution in [0.1, 0.15) is 13.3 Å². The van der Waals surface area contributed by atoms with Gasteiger partial charge in [-0.3, -0.25) is 4.79 Å². The summed E-state index contributed by atoms with van der Waals surface area (Å²) in [5, 5.41) is 3.18. The van der Waals surface area contributed by atoms with E-state index < -0.39 is 16.1 Å². The number of hydrogen-bond acceptors (Lipinski definition) is 4. The Balaban J connectivity index is 2.79. The van der Waals surface area contributed by atoms with Gasteiger partial charge in [-0.1, -0.05) is 17.7 Å². The average molecular weight is 351 g/mol. The van der Waals surface area contributed by atoms with Crippen molar-refractivity contribution in [1.29, 1.82) is 0 Å². The standard InChI is InChI=1S/C13H19ClN2O3S2/c1-3-21(18,19)16-12(7-8-20-2)13(17)15-11-6-4-5-10(14)9-11/h4-6,9,12,16H,3,7-8H2,1-2H3,(H,15,17). The lowest BCUT2D eigenvalue weighted by Gasteiger charge is -2.17. The molecule has 0 bridgehead atoms. The van der Waals surface area contributed by atoms with Crippen LogP contribution in [0.5, 0.6) is 0 Å². The van der Waals surface area contributed by atoms with Gasteiger partial charge >= 0.3 is 0 Å². The molecule has 0 radical (unpaired) electrons. The predicted octanol–water partition coefficient (Wildman–Crippen LogP) is 2.34. The van der Waals surface area contributed by atoms with Crippen LogP contribution in [0.3, 0.4) is 0 Å². The molecule has 0 aliphatic carbocycles. The fourth-order valence-electron chi connectivity index (χ4n) is 1.57. The van der Waals surface area contributed by atoms with E-state index in [1.54, 1.807) is 36.0 Å². The first-order chi connectivity index (χ1) is 9.88. The first kappa shape index (κ1) is 18.3. The summed E-state index contributed by atoms with van der Waals surface area (Å²) in [4.78, 5) is 12.2. The predicted molar refractivity (Wildman–Crippen MR) is 89.5 cm³/mol. The number of sulfonamides is 1. The third-order valence-electron chi connectivity index (χ3n) is 2.72. The van der Waals surface area contributed by atoms with Crippen LogP contribution >= 0.6 is 23.4 Å². The number of benzene rings is 1. The molecule has 2 N–H and O–H groups in total. The van der Waals surface area contributed by atoms with Crippen molar-refractivity contribution in [3.05, 3.63) is 29.3 Å². The molecule has 0 saturated heterocycles. The second-order valence-corrected chi connectivity index (χ2v) is 7.82. The molecular weight excluding hydrogens is 332 g/mol. The quantitative estimate of drug-likeness (QED) is 0.754. The molecule has 1 amide bonds. The molecule has 0 fully saturated rings. The lowest BCUT2D eigenvalue weighted by Crippen LogP contribution is -2.44. The Morgan fingerprint density at radius 2 is 2.14 bits per heavy atom. The summed E-state index contributed by atoms with van der Waals surface area (Å²) in [5.41, 5.74) is 0.539. The van der Waals surface area contributed by atoms with Gasteiger partial charge in [-0.2, -0.15) is 11.8 Å². The molecule has 21 heavy (non-hydrogen) atoms. The highest BCUT2D eigenvalue weighted by atomic mass is 35.5. The molecule has 0 heterocycles. The number of carbonyl (C=O) groups excluding carboxylic acids is 1. The van der Waals surface area contributed by atoms with Crippen LogP contribution < -0.4 is 10.0 Å². The number of nitrogens with one attached hydrogen (secondary N) is 2. The Hall–Kier alpha value is -0.760. The molecule has 1 aromatic carbocycles. The monoisotopic (exact) mass is 350 g/mol. The molecule has 0 aliphatic rings. The highest BCUT2D eigenvalue weighted by Gasteiger charge is 2.23. The summed E-state index contributed by atoms with van der Waals surface area (Å²) in [6, 6.07) is 5.93. The Kier molecular flexibility index (Phi) is 7.51. The van der Waals surface area contributed by atoms with E-state index in [0.717, 1.165) is 0 Å². The van der Waals surface area contributed by atoms with E-state index in [-0.39, 0.29) is 11.7 Å². The maximum atomic E-state index is 12.2. The van der Waals surface area contributed by atoms with E-state index >= 15 is 0 Å². The number of rotatable bonds is 8. The second kappa shape index (κ2) is 8.63. The molecule has 1 rings (SSSR count). The molecule has 118 valence electrons. The fraction of sp³-hybridized carbons (Fsp3) is 0.462. The van der Waals surface area contributed by atoms with E-state index in [0.29, 0.717) is 22.9 Å². The number of anilines is 1. The molecular formula is C13H19ClN2O3S2. The van der Waals surface area contributed by atoms with E-state index in [1.807, 2.05) is 6.26 Å². The lowest BCUT2D eigenvalue weighted by molar-refractivity contribution is -0.117. The van der Waals surface area contributed by atoms with Gasteiger partial charge in [0.1, 0.15) is 6.04 Å². The summed E-state index contributed by atoms with van der Waals surface area (Å²) in [7, 11) is -3.44. The van der Waals surface area contributed by atoms with Crippen molar-refractivity contribution in [1.82, 2.24) is 4.72 Å². The zero-order chi connectivity index (χ0) is 15.9. The summed E-state index contributed by atoms with van der Waals surface area (Å²) >= 11 is 7.41. The molecule has 1 atom stereocenters. The minimum Gasteiger partial charge on any atom is -0.325 e. The van der Waals surface area contributed by atoms with Crippen molar-refractivity contribution in [2.45, 2.75) is 19.4 Å². The third kappa shape index (κ3) is 6.69. The average Bonchev–Trinajstić information content (AvgIpc) is 2.43. The van der Waals surface area contributed by atoms with Crippen molar-refractivity contribution < 1.29 is 13.2 Å². The van der Waals surface area contributed by atoms with Crippen LogP contribution in [0.25, 0.3) is 0 Å². The molecule has 0 aromatic heterocycles. The highest BCUT2D eigenvalue weighted by Crippen LogP contribution is 2.15. The van der Waals surface area contributed by atoms with Gasteiger partial charge in [0.25, 0.3) is 0 Å². The normalized spacial score (nSPS) is 12.9. The number of halogens is 1. The van der Waals surface area contributed by atoms with Gasteiger partial charge in [0.2, 0.25) is 15.9 Å². The number of thioether (sulfide) groups is 1.